The second kappa shape index (κ2) is 4.92. The molecule has 0 aliphatic heterocycles. The Morgan fingerprint density at radius 3 is 2.00 bits per heavy atom. The number of rotatable bonds is 6. The van der Waals surface area contributed by atoms with Gasteiger partial charge in [0.05, 0.1) is 5.75 Å². The Morgan fingerprint density at radius 1 is 1.08 bits per heavy atom. The smallest absolute Gasteiger partial charge is 0.223 e. The molecule has 80 valence electrons. The molecule has 0 aromatic carbocycles. The highest BCUT2D eigenvalue weighted by Crippen LogP contribution is 2.01. The molecule has 0 amide bonds. The van der Waals surface area contributed by atoms with Crippen molar-refractivity contribution < 1.29 is 16.8 Å². The summed E-state index contributed by atoms with van der Waals surface area (Å²) >= 11 is 0. The van der Waals surface area contributed by atoms with Crippen LogP contribution in [0.25, 0.3) is 0 Å². The van der Waals surface area contributed by atoms with Crippen LogP contribution in [-0.4, -0.2) is 27.7 Å². The van der Waals surface area contributed by atoms with Gasteiger partial charge in [-0.1, -0.05) is 19.8 Å². The normalized spacial score (nSPS) is 13.1. The van der Waals surface area contributed by atoms with Crippen LogP contribution >= 0.6 is 0 Å². The third-order valence-electron chi connectivity index (χ3n) is 1.40. The SMILES string of the molecule is CCCCCS(=O)(=O)CS(N)(=O)=O. The molecule has 0 saturated heterocycles. The molecule has 0 radical (unpaired) electrons. The monoisotopic (exact) mass is 229 g/mol. The van der Waals surface area contributed by atoms with E-state index in [2.05, 4.69) is 5.14 Å². The standard InChI is InChI=1S/C6H15NO4S2/c1-2-3-4-5-12(8,9)6-13(7,10)11/h2-6H2,1H3,(H2,7,10,11). The molecule has 0 rings (SSSR count). The Hall–Kier alpha value is -0.140. The average Bonchev–Trinajstić information content (AvgIpc) is 1.81. The van der Waals surface area contributed by atoms with Gasteiger partial charge in [-0.25, -0.2) is 22.0 Å². The zero-order valence-corrected chi connectivity index (χ0v) is 9.20. The fraction of sp³-hybridized carbons (Fsp3) is 1.00. The van der Waals surface area contributed by atoms with E-state index in [4.69, 9.17) is 0 Å². The summed E-state index contributed by atoms with van der Waals surface area (Å²) in [5.41, 5.74) is 0. The van der Waals surface area contributed by atoms with E-state index in [0.29, 0.717) is 6.42 Å². The minimum Gasteiger partial charge on any atom is -0.228 e. The molecule has 13 heavy (non-hydrogen) atoms. The Bertz CT molecular complexity index is 330. The van der Waals surface area contributed by atoms with Crippen LogP contribution < -0.4 is 5.14 Å². The van der Waals surface area contributed by atoms with E-state index in [0.717, 1.165) is 12.8 Å². The van der Waals surface area contributed by atoms with E-state index < -0.39 is 24.9 Å². The summed E-state index contributed by atoms with van der Waals surface area (Å²) in [5.74, 6) is -0.0999. The van der Waals surface area contributed by atoms with Gasteiger partial charge in [0.1, 0.15) is 0 Å². The zero-order valence-electron chi connectivity index (χ0n) is 7.56. The van der Waals surface area contributed by atoms with Crippen LogP contribution in [0.5, 0.6) is 0 Å². The number of nitrogens with two attached hydrogens (primary N) is 1. The lowest BCUT2D eigenvalue weighted by Gasteiger charge is -2.01. The lowest BCUT2D eigenvalue weighted by Crippen LogP contribution is -2.25. The predicted molar refractivity (Wildman–Crippen MR) is 51.3 cm³/mol. The first-order chi connectivity index (χ1) is 5.77. The topological polar surface area (TPSA) is 94.3 Å². The molecule has 0 aromatic heterocycles. The molecule has 0 aliphatic rings. The number of hydrogen-bond donors (Lipinski definition) is 1. The Morgan fingerprint density at radius 2 is 1.62 bits per heavy atom. The first-order valence-corrected chi connectivity index (χ1v) is 7.51. The molecule has 0 aliphatic carbocycles. The van der Waals surface area contributed by atoms with E-state index in [1.807, 2.05) is 6.92 Å². The van der Waals surface area contributed by atoms with Crippen molar-refractivity contribution in [2.45, 2.75) is 26.2 Å². The van der Waals surface area contributed by atoms with Gasteiger partial charge in [-0.3, -0.25) is 0 Å². The van der Waals surface area contributed by atoms with Crippen molar-refractivity contribution in [1.29, 1.82) is 0 Å². The molecule has 0 saturated carbocycles. The maximum atomic E-state index is 11.1. The van der Waals surface area contributed by atoms with Gasteiger partial charge in [-0.15, -0.1) is 0 Å². The number of primary sulfonamides is 1. The van der Waals surface area contributed by atoms with Gasteiger partial charge >= 0.3 is 0 Å². The number of sulfonamides is 1. The minimum absolute atomic E-state index is 0.0999. The lowest BCUT2D eigenvalue weighted by atomic mass is 10.3. The summed E-state index contributed by atoms with van der Waals surface area (Å²) in [4.78, 5) is 0. The molecular formula is C6H15NO4S2. The number of unbranched alkanes of at least 4 members (excludes halogenated alkanes) is 2. The van der Waals surface area contributed by atoms with E-state index in [-0.39, 0.29) is 5.75 Å². The fourth-order valence-electron chi connectivity index (χ4n) is 0.881. The van der Waals surface area contributed by atoms with Gasteiger partial charge in [-0.2, -0.15) is 0 Å². The highest BCUT2D eigenvalue weighted by atomic mass is 32.3. The molecule has 2 N–H and O–H groups in total. The molecule has 0 heterocycles. The highest BCUT2D eigenvalue weighted by Gasteiger charge is 2.17. The summed E-state index contributed by atoms with van der Waals surface area (Å²) in [6.07, 6.45) is 2.17. The molecular weight excluding hydrogens is 214 g/mol. The molecule has 0 unspecified atom stereocenters. The maximum absolute atomic E-state index is 11.1. The van der Waals surface area contributed by atoms with Crippen molar-refractivity contribution >= 4 is 19.9 Å². The molecule has 0 bridgehead atoms. The van der Waals surface area contributed by atoms with E-state index in [9.17, 15) is 16.8 Å². The number of sulfone groups is 1. The molecule has 0 spiro atoms. The third-order valence-corrected chi connectivity index (χ3v) is 5.06. The van der Waals surface area contributed by atoms with Crippen LogP contribution in [0.1, 0.15) is 26.2 Å². The van der Waals surface area contributed by atoms with Crippen molar-refractivity contribution in [2.75, 3.05) is 10.8 Å². The van der Waals surface area contributed by atoms with Crippen LogP contribution in [-0.2, 0) is 19.9 Å². The van der Waals surface area contributed by atoms with E-state index in [1.54, 1.807) is 0 Å². The van der Waals surface area contributed by atoms with Crippen molar-refractivity contribution in [2.24, 2.45) is 5.14 Å². The summed E-state index contributed by atoms with van der Waals surface area (Å²) in [6, 6.07) is 0. The van der Waals surface area contributed by atoms with Crippen LogP contribution in [0.3, 0.4) is 0 Å². The van der Waals surface area contributed by atoms with Gasteiger partial charge in [-0.05, 0) is 6.42 Å². The summed E-state index contributed by atoms with van der Waals surface area (Å²) in [7, 11) is -7.43. The Kier molecular flexibility index (Phi) is 4.87. The van der Waals surface area contributed by atoms with Crippen LogP contribution in [0.15, 0.2) is 0 Å². The van der Waals surface area contributed by atoms with Gasteiger partial charge in [0, 0.05) is 0 Å². The third kappa shape index (κ3) is 8.20. The van der Waals surface area contributed by atoms with E-state index >= 15 is 0 Å². The predicted octanol–water partition coefficient (Wildman–Crippen LogP) is -0.163. The van der Waals surface area contributed by atoms with Gasteiger partial charge in [0.2, 0.25) is 10.0 Å². The summed E-state index contributed by atoms with van der Waals surface area (Å²) < 4.78 is 43.1. The zero-order chi connectivity index (χ0) is 10.5. The molecule has 0 aromatic rings. The molecule has 0 fully saturated rings. The second-order valence-corrected chi connectivity index (χ2v) is 7.10. The van der Waals surface area contributed by atoms with Crippen molar-refractivity contribution in [3.63, 3.8) is 0 Å². The van der Waals surface area contributed by atoms with Gasteiger partial charge in [0.15, 0.2) is 14.9 Å². The molecule has 0 atom stereocenters. The van der Waals surface area contributed by atoms with Crippen molar-refractivity contribution in [3.05, 3.63) is 0 Å². The quantitative estimate of drug-likeness (QED) is 0.640. The lowest BCUT2D eigenvalue weighted by molar-refractivity contribution is 0.587. The van der Waals surface area contributed by atoms with Gasteiger partial charge < -0.3 is 0 Å². The highest BCUT2D eigenvalue weighted by molar-refractivity contribution is 8.07. The van der Waals surface area contributed by atoms with Crippen molar-refractivity contribution in [3.8, 4) is 0 Å². The molecule has 5 nitrogen and oxygen atoms in total. The van der Waals surface area contributed by atoms with Gasteiger partial charge in [0.25, 0.3) is 0 Å². The van der Waals surface area contributed by atoms with Crippen LogP contribution in [0, 0.1) is 0 Å². The largest absolute Gasteiger partial charge is 0.228 e. The Balaban J connectivity index is 4.12. The number of hydrogen-bond acceptors (Lipinski definition) is 4. The summed E-state index contributed by atoms with van der Waals surface area (Å²) in [5, 5.41) is 3.68. The van der Waals surface area contributed by atoms with Crippen LogP contribution in [0.4, 0.5) is 0 Å². The molecule has 7 heteroatoms. The first-order valence-electron chi connectivity index (χ1n) is 3.98. The Labute approximate surface area is 79.3 Å². The minimum atomic E-state index is -3.91. The fourth-order valence-corrected chi connectivity index (χ4v) is 4.00. The second-order valence-electron chi connectivity index (χ2n) is 2.94. The first kappa shape index (κ1) is 12.9. The van der Waals surface area contributed by atoms with Crippen molar-refractivity contribution in [1.82, 2.24) is 0 Å². The maximum Gasteiger partial charge on any atom is 0.223 e. The summed E-state index contributed by atoms with van der Waals surface area (Å²) in [6.45, 7) is 1.94. The van der Waals surface area contributed by atoms with E-state index in [1.165, 1.54) is 0 Å². The average molecular weight is 229 g/mol. The van der Waals surface area contributed by atoms with Crippen LogP contribution in [0.2, 0.25) is 0 Å².